The highest BCUT2D eigenvalue weighted by Crippen LogP contribution is 2.34. The Balaban J connectivity index is 1.67. The van der Waals surface area contributed by atoms with Gasteiger partial charge < -0.3 is 9.80 Å². The van der Waals surface area contributed by atoms with Crippen LogP contribution in [0.25, 0.3) is 0 Å². The molecule has 5 nitrogen and oxygen atoms in total. The van der Waals surface area contributed by atoms with Crippen molar-refractivity contribution in [2.75, 3.05) is 29.4 Å². The normalized spacial score (nSPS) is 12.9. The van der Waals surface area contributed by atoms with Crippen LogP contribution in [0.3, 0.4) is 0 Å². The molecule has 0 saturated heterocycles. The first-order valence-corrected chi connectivity index (χ1v) is 10.9. The van der Waals surface area contributed by atoms with E-state index in [0.717, 1.165) is 55.6 Å². The van der Waals surface area contributed by atoms with E-state index >= 15 is 0 Å². The zero-order valence-corrected chi connectivity index (χ0v) is 18.7. The van der Waals surface area contributed by atoms with Gasteiger partial charge in [-0.1, -0.05) is 23.8 Å². The van der Waals surface area contributed by atoms with E-state index in [-0.39, 0.29) is 0 Å². The van der Waals surface area contributed by atoms with E-state index in [1.807, 2.05) is 12.3 Å². The molecular formula is C25H31N5. The minimum absolute atomic E-state index is 0.800. The van der Waals surface area contributed by atoms with Crippen molar-refractivity contribution in [1.82, 2.24) is 15.0 Å². The minimum atomic E-state index is 0.800. The Bertz CT molecular complexity index is 1020. The number of benzene rings is 1. The lowest BCUT2D eigenvalue weighted by Gasteiger charge is -2.27. The molecule has 0 bridgehead atoms. The zero-order chi connectivity index (χ0) is 21.3. The summed E-state index contributed by atoms with van der Waals surface area (Å²) in [4.78, 5) is 19.1. The largest absolute Gasteiger partial charge is 0.355 e. The average Bonchev–Trinajstić information content (AvgIpc) is 3.13. The molecule has 1 aliphatic rings. The molecule has 4 rings (SSSR count). The summed E-state index contributed by atoms with van der Waals surface area (Å²) < 4.78 is 0. The summed E-state index contributed by atoms with van der Waals surface area (Å²) >= 11 is 0. The summed E-state index contributed by atoms with van der Waals surface area (Å²) in [5, 5.41) is 0. The van der Waals surface area contributed by atoms with Crippen molar-refractivity contribution in [1.29, 1.82) is 0 Å². The van der Waals surface area contributed by atoms with Crippen LogP contribution in [-0.2, 0) is 12.8 Å². The first-order chi connectivity index (χ1) is 14.5. The van der Waals surface area contributed by atoms with E-state index in [1.54, 1.807) is 0 Å². The van der Waals surface area contributed by atoms with Gasteiger partial charge in [0.15, 0.2) is 0 Å². The van der Waals surface area contributed by atoms with Crippen LogP contribution in [-0.4, -0.2) is 34.6 Å². The lowest BCUT2D eigenvalue weighted by Crippen LogP contribution is -2.26. The lowest BCUT2D eigenvalue weighted by atomic mass is 10.0. The SMILES string of the molecule is CCN(c1nc(C)c2c(n1)N(CCc1ccccn1)CC2)c1c(C)cc(C)cc1C. The van der Waals surface area contributed by atoms with Crippen LogP contribution >= 0.6 is 0 Å². The van der Waals surface area contributed by atoms with Gasteiger partial charge in [0.1, 0.15) is 5.82 Å². The molecule has 2 aromatic heterocycles. The molecule has 0 saturated carbocycles. The number of aromatic nitrogens is 3. The van der Waals surface area contributed by atoms with Gasteiger partial charge in [-0.3, -0.25) is 4.98 Å². The molecule has 3 heterocycles. The molecular weight excluding hydrogens is 370 g/mol. The Morgan fingerprint density at radius 3 is 2.47 bits per heavy atom. The fourth-order valence-corrected chi connectivity index (χ4v) is 4.61. The van der Waals surface area contributed by atoms with Crippen molar-refractivity contribution in [3.05, 3.63) is 70.2 Å². The molecule has 0 unspecified atom stereocenters. The monoisotopic (exact) mass is 401 g/mol. The number of aryl methyl sites for hydroxylation is 4. The molecule has 0 spiro atoms. The molecule has 3 aromatic rings. The van der Waals surface area contributed by atoms with Crippen LogP contribution in [0.2, 0.25) is 0 Å². The second kappa shape index (κ2) is 8.42. The van der Waals surface area contributed by atoms with Crippen LogP contribution in [0.4, 0.5) is 17.5 Å². The Hall–Kier alpha value is -2.95. The molecule has 5 heteroatoms. The predicted molar refractivity (Wildman–Crippen MR) is 124 cm³/mol. The molecule has 0 fully saturated rings. The molecule has 0 N–H and O–H groups in total. The summed E-state index contributed by atoms with van der Waals surface area (Å²) in [5.41, 5.74) is 8.55. The predicted octanol–water partition coefficient (Wildman–Crippen LogP) is 4.87. The van der Waals surface area contributed by atoms with Gasteiger partial charge in [-0.2, -0.15) is 4.98 Å². The zero-order valence-electron chi connectivity index (χ0n) is 18.7. The van der Waals surface area contributed by atoms with Gasteiger partial charge in [0, 0.05) is 54.9 Å². The maximum atomic E-state index is 5.08. The van der Waals surface area contributed by atoms with Gasteiger partial charge in [-0.25, -0.2) is 4.98 Å². The lowest BCUT2D eigenvalue weighted by molar-refractivity contribution is 0.790. The Morgan fingerprint density at radius 2 is 1.80 bits per heavy atom. The number of hydrogen-bond donors (Lipinski definition) is 0. The van der Waals surface area contributed by atoms with Crippen LogP contribution in [0, 0.1) is 27.7 Å². The van der Waals surface area contributed by atoms with Gasteiger partial charge in [0.25, 0.3) is 0 Å². The number of anilines is 3. The molecule has 30 heavy (non-hydrogen) atoms. The van der Waals surface area contributed by atoms with Crippen LogP contribution in [0.1, 0.15) is 40.6 Å². The summed E-state index contributed by atoms with van der Waals surface area (Å²) in [5.74, 6) is 1.89. The summed E-state index contributed by atoms with van der Waals surface area (Å²) in [6, 6.07) is 10.6. The van der Waals surface area contributed by atoms with E-state index in [4.69, 9.17) is 9.97 Å². The fraction of sp³-hybridized carbons (Fsp3) is 0.400. The summed E-state index contributed by atoms with van der Waals surface area (Å²) in [7, 11) is 0. The molecule has 0 amide bonds. The van der Waals surface area contributed by atoms with E-state index < -0.39 is 0 Å². The van der Waals surface area contributed by atoms with Gasteiger partial charge in [-0.05, 0) is 64.3 Å². The van der Waals surface area contributed by atoms with E-state index in [0.29, 0.717) is 0 Å². The average molecular weight is 402 g/mol. The summed E-state index contributed by atoms with van der Waals surface area (Å²) in [6.07, 6.45) is 3.80. The highest BCUT2D eigenvalue weighted by Gasteiger charge is 2.26. The number of fused-ring (bicyclic) bond motifs is 1. The maximum absolute atomic E-state index is 5.08. The van der Waals surface area contributed by atoms with Crippen molar-refractivity contribution in [3.8, 4) is 0 Å². The maximum Gasteiger partial charge on any atom is 0.232 e. The quantitative estimate of drug-likeness (QED) is 0.590. The van der Waals surface area contributed by atoms with E-state index in [9.17, 15) is 0 Å². The number of pyridine rings is 1. The van der Waals surface area contributed by atoms with E-state index in [1.165, 1.54) is 27.9 Å². The molecule has 1 aromatic carbocycles. The summed E-state index contributed by atoms with van der Waals surface area (Å²) in [6.45, 7) is 13.5. The molecule has 156 valence electrons. The van der Waals surface area contributed by atoms with Gasteiger partial charge in [-0.15, -0.1) is 0 Å². The number of nitrogens with zero attached hydrogens (tertiary/aromatic N) is 5. The number of hydrogen-bond acceptors (Lipinski definition) is 5. The first-order valence-electron chi connectivity index (χ1n) is 10.9. The molecule has 0 radical (unpaired) electrons. The fourth-order valence-electron chi connectivity index (χ4n) is 4.61. The van der Waals surface area contributed by atoms with Crippen LogP contribution < -0.4 is 9.80 Å². The molecule has 0 atom stereocenters. The first kappa shape index (κ1) is 20.3. The third-order valence-corrected chi connectivity index (χ3v) is 5.94. The van der Waals surface area contributed by atoms with Crippen molar-refractivity contribution >= 4 is 17.5 Å². The van der Waals surface area contributed by atoms with Gasteiger partial charge in [0.2, 0.25) is 5.95 Å². The number of rotatable bonds is 6. The topological polar surface area (TPSA) is 45.2 Å². The Kier molecular flexibility index (Phi) is 5.71. The van der Waals surface area contributed by atoms with Gasteiger partial charge >= 0.3 is 0 Å². The molecule has 1 aliphatic heterocycles. The van der Waals surface area contributed by atoms with Crippen LogP contribution in [0.5, 0.6) is 0 Å². The molecule has 0 aliphatic carbocycles. The second-order valence-electron chi connectivity index (χ2n) is 8.21. The Morgan fingerprint density at radius 1 is 1.03 bits per heavy atom. The van der Waals surface area contributed by atoms with Gasteiger partial charge in [0.05, 0.1) is 0 Å². The highest BCUT2D eigenvalue weighted by molar-refractivity contribution is 5.68. The minimum Gasteiger partial charge on any atom is -0.355 e. The standard InChI is InChI=1S/C25H31N5/c1-6-30(23-18(3)15-17(2)16-19(23)4)25-27-20(5)22-11-14-29(24(22)28-25)13-10-21-9-7-8-12-26-21/h7-9,12,15-16H,6,10-11,13-14H2,1-5H3. The Labute approximate surface area is 179 Å². The second-order valence-corrected chi connectivity index (χ2v) is 8.21. The van der Waals surface area contributed by atoms with Crippen molar-refractivity contribution in [2.45, 2.75) is 47.5 Å². The van der Waals surface area contributed by atoms with Crippen molar-refractivity contribution in [3.63, 3.8) is 0 Å². The van der Waals surface area contributed by atoms with Crippen LogP contribution in [0.15, 0.2) is 36.5 Å². The van der Waals surface area contributed by atoms with Crippen molar-refractivity contribution < 1.29 is 0 Å². The third kappa shape index (κ3) is 3.89. The van der Waals surface area contributed by atoms with Crippen molar-refractivity contribution in [2.24, 2.45) is 0 Å². The van der Waals surface area contributed by atoms with E-state index in [2.05, 4.69) is 73.7 Å². The highest BCUT2D eigenvalue weighted by atomic mass is 15.3. The third-order valence-electron chi connectivity index (χ3n) is 5.94. The smallest absolute Gasteiger partial charge is 0.232 e.